The van der Waals surface area contributed by atoms with Gasteiger partial charge in [0.25, 0.3) is 7.82 Å². The van der Waals surface area contributed by atoms with Gasteiger partial charge in [0, 0.05) is 12.8 Å². The minimum Gasteiger partial charge on any atom is -0.756 e. The van der Waals surface area contributed by atoms with Gasteiger partial charge in [-0.05, 0) is 141 Å². The molecule has 2 atom stereocenters. The van der Waals surface area contributed by atoms with Crippen LogP contribution in [0, 0.1) is 0 Å². The highest BCUT2D eigenvalue weighted by atomic mass is 31.2. The first-order valence-electron chi connectivity index (χ1n) is 33.1. The molecule has 0 bridgehead atoms. The first kappa shape index (κ1) is 80.8. The number of hydrogen-bond acceptors (Lipinski definition) is 8. The summed E-state index contributed by atoms with van der Waals surface area (Å²) in [6.07, 6.45) is 101. The van der Waals surface area contributed by atoms with Gasteiger partial charge in [0.2, 0.25) is 0 Å². The van der Waals surface area contributed by atoms with Crippen LogP contribution >= 0.6 is 7.82 Å². The summed E-state index contributed by atoms with van der Waals surface area (Å²) in [6.45, 7) is 3.94. The lowest BCUT2D eigenvalue weighted by Crippen LogP contribution is -2.37. The number of allylic oxidation sites excluding steroid dienone is 32. The van der Waals surface area contributed by atoms with Crippen molar-refractivity contribution in [1.29, 1.82) is 0 Å². The largest absolute Gasteiger partial charge is 0.756 e. The molecule has 0 N–H and O–H groups in total. The van der Waals surface area contributed by atoms with Crippen LogP contribution in [0.1, 0.15) is 219 Å². The molecule has 0 aliphatic carbocycles. The minimum atomic E-state index is -4.67. The molecule has 0 aromatic heterocycles. The number of likely N-dealkylation sites (N-methyl/N-ethyl adjacent to an activating group) is 1. The van der Waals surface area contributed by atoms with Crippen molar-refractivity contribution in [2.45, 2.75) is 225 Å². The number of phosphoric acid groups is 1. The zero-order chi connectivity index (χ0) is 62.6. The molecule has 0 aliphatic rings. The molecule has 0 heterocycles. The Morgan fingerprint density at radius 1 is 0.360 bits per heavy atom. The molecule has 10 heteroatoms. The van der Waals surface area contributed by atoms with Crippen molar-refractivity contribution < 1.29 is 42.1 Å². The van der Waals surface area contributed by atoms with E-state index in [2.05, 4.69) is 208 Å². The lowest BCUT2D eigenvalue weighted by atomic mass is 10.1. The van der Waals surface area contributed by atoms with Crippen LogP contribution in [0.25, 0.3) is 0 Å². The van der Waals surface area contributed by atoms with Crippen LogP contribution in [0.2, 0.25) is 0 Å². The van der Waals surface area contributed by atoms with Gasteiger partial charge in [0.15, 0.2) is 6.10 Å². The fraction of sp³-hybridized carbons (Fsp3) is 0.553. The highest BCUT2D eigenvalue weighted by Gasteiger charge is 2.22. The first-order chi connectivity index (χ1) is 42.0. The van der Waals surface area contributed by atoms with Crippen molar-refractivity contribution in [2.24, 2.45) is 0 Å². The van der Waals surface area contributed by atoms with Crippen LogP contribution in [0.5, 0.6) is 0 Å². The lowest BCUT2D eigenvalue weighted by molar-refractivity contribution is -0.870. The average Bonchev–Trinajstić information content (AvgIpc) is 3.64. The maximum atomic E-state index is 12.8. The predicted molar refractivity (Wildman–Crippen MR) is 369 cm³/mol. The van der Waals surface area contributed by atoms with Crippen molar-refractivity contribution in [2.75, 3.05) is 47.5 Å². The third-order valence-corrected chi connectivity index (χ3v) is 14.1. The molecule has 0 saturated carbocycles. The number of phosphoric ester groups is 1. The molecule has 0 rings (SSSR count). The van der Waals surface area contributed by atoms with E-state index in [1.54, 1.807) is 0 Å². The fourth-order valence-electron chi connectivity index (χ4n) is 8.10. The van der Waals surface area contributed by atoms with Crippen LogP contribution in [-0.2, 0) is 32.7 Å². The Bertz CT molecular complexity index is 2150. The Balaban J connectivity index is 4.25. The number of unbranched alkanes of at least 4 members (excludes halogenated alkanes) is 12. The van der Waals surface area contributed by atoms with E-state index in [0.29, 0.717) is 23.9 Å². The van der Waals surface area contributed by atoms with E-state index in [1.807, 2.05) is 21.1 Å². The number of esters is 2. The zero-order valence-corrected chi connectivity index (χ0v) is 55.6. The van der Waals surface area contributed by atoms with Gasteiger partial charge in [-0.3, -0.25) is 14.2 Å². The maximum Gasteiger partial charge on any atom is 0.306 e. The van der Waals surface area contributed by atoms with E-state index in [4.69, 9.17) is 18.5 Å². The molecule has 0 spiro atoms. The van der Waals surface area contributed by atoms with E-state index in [9.17, 15) is 19.0 Å². The van der Waals surface area contributed by atoms with Crippen molar-refractivity contribution in [3.63, 3.8) is 0 Å². The highest BCUT2D eigenvalue weighted by Crippen LogP contribution is 2.38. The normalized spacial score (nSPS) is 14.4. The molecule has 0 aromatic rings. The second kappa shape index (κ2) is 64.3. The van der Waals surface area contributed by atoms with Crippen molar-refractivity contribution in [1.82, 2.24) is 0 Å². The number of hydrogen-bond donors (Lipinski definition) is 0. The van der Waals surface area contributed by atoms with Crippen LogP contribution in [0.15, 0.2) is 194 Å². The van der Waals surface area contributed by atoms with E-state index in [-0.39, 0.29) is 26.1 Å². The summed E-state index contributed by atoms with van der Waals surface area (Å²) in [5.74, 6) is -0.884. The molecule has 0 radical (unpaired) electrons. The van der Waals surface area contributed by atoms with Crippen molar-refractivity contribution in [3.05, 3.63) is 194 Å². The summed E-state index contributed by atoms with van der Waals surface area (Å²) < 4.78 is 34.2. The third-order valence-electron chi connectivity index (χ3n) is 13.1. The molecule has 0 amide bonds. The SMILES string of the molecule is CC/C=C\C/C=C\C/C=C\C/C=C\C/C=C\C/C=C\C/C=C\C/C=C\CCCCCCCCC(=O)OCC(COP(=O)([O-])OCC[N+](C)(C)C)OC(=O)CCCCCCCC/C=C\C/C=C\C/C=C\C/C=C\C/C=C\C/C=C\C/C=C\C/C=C\CC. The topological polar surface area (TPSA) is 111 Å². The first-order valence-corrected chi connectivity index (χ1v) is 34.6. The quantitative estimate of drug-likeness (QED) is 0.0195. The highest BCUT2D eigenvalue weighted by molar-refractivity contribution is 7.45. The number of rotatable bonds is 58. The predicted octanol–water partition coefficient (Wildman–Crippen LogP) is 21.1. The smallest absolute Gasteiger partial charge is 0.306 e. The lowest BCUT2D eigenvalue weighted by Gasteiger charge is -2.28. The average molecular weight is 1210 g/mol. The molecule has 9 nitrogen and oxygen atoms in total. The van der Waals surface area contributed by atoms with Gasteiger partial charge in [-0.15, -0.1) is 0 Å². The molecule has 86 heavy (non-hydrogen) atoms. The molecular weight excluding hydrogens is 1090 g/mol. The van der Waals surface area contributed by atoms with Crippen molar-refractivity contribution >= 4 is 19.8 Å². The molecule has 0 aromatic carbocycles. The van der Waals surface area contributed by atoms with Crippen LogP contribution in [0.3, 0.4) is 0 Å². The summed E-state index contributed by atoms with van der Waals surface area (Å²) in [4.78, 5) is 38.0. The summed E-state index contributed by atoms with van der Waals surface area (Å²) in [5, 5.41) is 0. The minimum absolute atomic E-state index is 0.0486. The van der Waals surface area contributed by atoms with Gasteiger partial charge >= 0.3 is 11.9 Å². The summed E-state index contributed by atoms with van der Waals surface area (Å²) in [6, 6.07) is 0. The van der Waals surface area contributed by atoms with Gasteiger partial charge < -0.3 is 27.9 Å². The molecule has 482 valence electrons. The Morgan fingerprint density at radius 3 is 0.930 bits per heavy atom. The fourth-order valence-corrected chi connectivity index (χ4v) is 8.83. The number of nitrogens with zero attached hydrogens (tertiary/aromatic N) is 1. The van der Waals surface area contributed by atoms with Gasteiger partial charge in [0.1, 0.15) is 19.8 Å². The van der Waals surface area contributed by atoms with Crippen molar-refractivity contribution in [3.8, 4) is 0 Å². The second-order valence-electron chi connectivity index (χ2n) is 22.4. The van der Waals surface area contributed by atoms with Gasteiger partial charge in [-0.25, -0.2) is 0 Å². The number of quaternary nitrogens is 1. The standard InChI is InChI=1S/C76H120NO8P/c1-6-8-10-12-14-16-18-20-22-24-26-28-30-32-34-36-38-40-42-44-46-48-50-52-54-56-58-60-62-64-66-68-75(78)82-72-74(73-84-86(80,81)83-71-70-77(3,4)5)85-76(79)69-67-65-63-61-59-57-55-53-51-49-47-45-43-41-39-37-35-33-31-29-27-25-23-21-19-17-15-13-11-9-7-2/h8-11,14-17,20-23,26-29,32-35,38-41,44-47,50-53,74H,6-7,12-13,18-19,24-25,30-31,36-37,42-43,48-49,54-73H2,1-5H3/b10-8-,11-9-,16-14-,17-15-,22-20-,23-21-,28-26-,29-27-,34-32-,35-33-,40-38-,41-39-,46-44-,47-45-,52-50-,53-51-. The van der Waals surface area contributed by atoms with E-state index in [1.165, 1.54) is 0 Å². The van der Waals surface area contributed by atoms with E-state index in [0.717, 1.165) is 180 Å². The molecule has 2 unspecified atom stereocenters. The van der Waals surface area contributed by atoms with E-state index >= 15 is 0 Å². The number of carbonyl (C=O) groups is 2. The third kappa shape index (κ3) is 68.0. The summed E-state index contributed by atoms with van der Waals surface area (Å²) in [5.41, 5.74) is 0. The van der Waals surface area contributed by atoms with Gasteiger partial charge in [-0.2, -0.15) is 0 Å². The van der Waals surface area contributed by atoms with Gasteiger partial charge in [-0.1, -0.05) is 260 Å². The maximum absolute atomic E-state index is 12.8. The van der Waals surface area contributed by atoms with Gasteiger partial charge in [0.05, 0.1) is 27.7 Å². The van der Waals surface area contributed by atoms with Crippen LogP contribution in [-0.4, -0.2) is 70.0 Å². The molecule has 0 fully saturated rings. The molecule has 0 aliphatic heterocycles. The number of carbonyl (C=O) groups excluding carboxylic acids is 2. The Hall–Kier alpha value is -5.15. The number of ether oxygens (including phenoxy) is 2. The van der Waals surface area contributed by atoms with Crippen LogP contribution < -0.4 is 4.89 Å². The zero-order valence-electron chi connectivity index (χ0n) is 54.7. The summed E-state index contributed by atoms with van der Waals surface area (Å²) >= 11 is 0. The Morgan fingerprint density at radius 2 is 0.628 bits per heavy atom. The van der Waals surface area contributed by atoms with E-state index < -0.39 is 32.5 Å². The molecule has 0 saturated heterocycles. The summed E-state index contributed by atoms with van der Waals surface area (Å²) in [7, 11) is 1.11. The molecular formula is C76H120NO8P. The van der Waals surface area contributed by atoms with Crippen LogP contribution in [0.4, 0.5) is 0 Å². The Labute approximate surface area is 526 Å². The Kier molecular flexibility index (Phi) is 60.5. The monoisotopic (exact) mass is 1210 g/mol. The second-order valence-corrected chi connectivity index (χ2v) is 23.8.